The lowest BCUT2D eigenvalue weighted by Crippen LogP contribution is -2.60. The number of rotatable bonds is 2. The third-order valence-electron chi connectivity index (χ3n) is 3.53. The molecule has 0 radical (unpaired) electrons. The number of nitrogens with one attached hydrogen (secondary N) is 1. The number of nitrogens with zero attached hydrogens (tertiary/aromatic N) is 1. The summed E-state index contributed by atoms with van der Waals surface area (Å²) in [5, 5.41) is 3.49. The van der Waals surface area contributed by atoms with E-state index in [2.05, 4.69) is 46.9 Å². The summed E-state index contributed by atoms with van der Waals surface area (Å²) in [4.78, 5) is 2.41. The van der Waals surface area contributed by atoms with Gasteiger partial charge in [0, 0.05) is 35.7 Å². The van der Waals surface area contributed by atoms with E-state index in [4.69, 9.17) is 0 Å². The molecule has 0 spiro atoms. The Morgan fingerprint density at radius 2 is 2.17 bits per heavy atom. The van der Waals surface area contributed by atoms with Crippen LogP contribution < -0.4 is 5.32 Å². The van der Waals surface area contributed by atoms with Crippen molar-refractivity contribution in [2.75, 3.05) is 13.1 Å². The van der Waals surface area contributed by atoms with Crippen LogP contribution in [0.1, 0.15) is 26.3 Å². The van der Waals surface area contributed by atoms with E-state index in [-0.39, 0.29) is 11.4 Å². The van der Waals surface area contributed by atoms with Crippen LogP contribution in [0.25, 0.3) is 0 Å². The predicted octanol–water partition coefficient (Wildman–Crippen LogP) is 3.16. The first-order valence-electron chi connectivity index (χ1n) is 6.30. The van der Waals surface area contributed by atoms with Crippen LogP contribution in [0.4, 0.5) is 4.39 Å². The van der Waals surface area contributed by atoms with Gasteiger partial charge in [0.05, 0.1) is 0 Å². The van der Waals surface area contributed by atoms with E-state index < -0.39 is 0 Å². The molecule has 100 valence electrons. The van der Waals surface area contributed by atoms with Gasteiger partial charge in [-0.05, 0) is 44.5 Å². The van der Waals surface area contributed by atoms with Gasteiger partial charge in [-0.25, -0.2) is 4.39 Å². The fraction of sp³-hybridized carbons (Fsp3) is 0.571. The van der Waals surface area contributed by atoms with Gasteiger partial charge in [0.15, 0.2) is 0 Å². The molecule has 1 heterocycles. The number of hydrogen-bond donors (Lipinski definition) is 1. The largest absolute Gasteiger partial charge is 0.311 e. The molecule has 0 amide bonds. The van der Waals surface area contributed by atoms with E-state index >= 15 is 0 Å². The van der Waals surface area contributed by atoms with Crippen molar-refractivity contribution in [1.82, 2.24) is 10.2 Å². The summed E-state index contributed by atoms with van der Waals surface area (Å²) in [5.41, 5.74) is 1.12. The molecule has 1 aliphatic rings. The molecule has 1 aliphatic heterocycles. The molecule has 0 saturated carbocycles. The Labute approximate surface area is 117 Å². The van der Waals surface area contributed by atoms with Gasteiger partial charge in [-0.1, -0.05) is 15.9 Å². The number of benzene rings is 1. The zero-order chi connectivity index (χ0) is 13.3. The first-order valence-corrected chi connectivity index (χ1v) is 7.09. The van der Waals surface area contributed by atoms with Crippen LogP contribution in [0.5, 0.6) is 0 Å². The highest BCUT2D eigenvalue weighted by Gasteiger charge is 2.32. The molecule has 1 atom stereocenters. The minimum absolute atomic E-state index is 0.102. The molecule has 0 aliphatic carbocycles. The van der Waals surface area contributed by atoms with Crippen molar-refractivity contribution in [2.24, 2.45) is 0 Å². The molecular weight excluding hydrogens is 295 g/mol. The van der Waals surface area contributed by atoms with Gasteiger partial charge in [0.2, 0.25) is 0 Å². The van der Waals surface area contributed by atoms with Gasteiger partial charge in [0.25, 0.3) is 0 Å². The molecule has 1 unspecified atom stereocenters. The second kappa shape index (κ2) is 5.27. The zero-order valence-electron chi connectivity index (χ0n) is 11.1. The first kappa shape index (κ1) is 14.0. The van der Waals surface area contributed by atoms with Crippen LogP contribution in [-0.2, 0) is 6.54 Å². The van der Waals surface area contributed by atoms with Gasteiger partial charge in [0.1, 0.15) is 5.82 Å². The van der Waals surface area contributed by atoms with E-state index in [1.54, 1.807) is 6.07 Å². The van der Waals surface area contributed by atoms with Crippen molar-refractivity contribution < 1.29 is 4.39 Å². The fourth-order valence-electron chi connectivity index (χ4n) is 2.38. The third kappa shape index (κ3) is 3.31. The predicted molar refractivity (Wildman–Crippen MR) is 76.1 cm³/mol. The average molecular weight is 315 g/mol. The molecule has 0 bridgehead atoms. The van der Waals surface area contributed by atoms with E-state index in [1.807, 2.05) is 6.07 Å². The van der Waals surface area contributed by atoms with Crippen molar-refractivity contribution in [3.63, 3.8) is 0 Å². The van der Waals surface area contributed by atoms with E-state index in [0.29, 0.717) is 6.04 Å². The highest BCUT2D eigenvalue weighted by molar-refractivity contribution is 9.10. The molecule has 2 rings (SSSR count). The lowest BCUT2D eigenvalue weighted by Gasteiger charge is -2.45. The first-order chi connectivity index (χ1) is 8.37. The minimum Gasteiger partial charge on any atom is -0.311 e. The SMILES string of the molecule is CC1CN(Cc2cc(F)cc(Br)c2)C(C)(C)CN1. The number of halogens is 2. The summed E-state index contributed by atoms with van der Waals surface area (Å²) in [5.74, 6) is -0.180. The van der Waals surface area contributed by atoms with Crippen LogP contribution in [-0.4, -0.2) is 29.6 Å². The van der Waals surface area contributed by atoms with Crippen molar-refractivity contribution in [2.45, 2.75) is 38.9 Å². The van der Waals surface area contributed by atoms with Gasteiger partial charge in [-0.2, -0.15) is 0 Å². The molecular formula is C14H20BrFN2. The van der Waals surface area contributed by atoms with Crippen LogP contribution >= 0.6 is 15.9 Å². The summed E-state index contributed by atoms with van der Waals surface area (Å²) in [6, 6.07) is 5.59. The fourth-order valence-corrected chi connectivity index (χ4v) is 2.89. The molecule has 1 aromatic rings. The molecule has 2 nitrogen and oxygen atoms in total. The maximum absolute atomic E-state index is 13.4. The lowest BCUT2D eigenvalue weighted by molar-refractivity contribution is 0.0625. The van der Waals surface area contributed by atoms with Crippen molar-refractivity contribution in [1.29, 1.82) is 0 Å². The summed E-state index contributed by atoms with van der Waals surface area (Å²) in [6.07, 6.45) is 0. The summed E-state index contributed by atoms with van der Waals surface area (Å²) < 4.78 is 14.2. The topological polar surface area (TPSA) is 15.3 Å². The second-order valence-electron chi connectivity index (χ2n) is 5.75. The Morgan fingerprint density at radius 1 is 1.44 bits per heavy atom. The van der Waals surface area contributed by atoms with Crippen molar-refractivity contribution in [3.8, 4) is 0 Å². The van der Waals surface area contributed by atoms with Gasteiger partial charge >= 0.3 is 0 Å². The highest BCUT2D eigenvalue weighted by Crippen LogP contribution is 2.23. The summed E-state index contributed by atoms with van der Waals surface area (Å²) in [7, 11) is 0. The normalized spacial score (nSPS) is 24.2. The molecule has 18 heavy (non-hydrogen) atoms. The quantitative estimate of drug-likeness (QED) is 0.902. The zero-order valence-corrected chi connectivity index (χ0v) is 12.7. The molecule has 1 aromatic carbocycles. The van der Waals surface area contributed by atoms with Gasteiger partial charge in [-0.3, -0.25) is 4.90 Å². The van der Waals surface area contributed by atoms with Crippen LogP contribution in [0, 0.1) is 5.82 Å². The van der Waals surface area contributed by atoms with Crippen molar-refractivity contribution >= 4 is 15.9 Å². The van der Waals surface area contributed by atoms with Crippen molar-refractivity contribution in [3.05, 3.63) is 34.1 Å². The number of hydrogen-bond acceptors (Lipinski definition) is 2. The van der Waals surface area contributed by atoms with Gasteiger partial charge in [-0.15, -0.1) is 0 Å². The summed E-state index contributed by atoms with van der Waals surface area (Å²) >= 11 is 3.35. The van der Waals surface area contributed by atoms with E-state index in [9.17, 15) is 4.39 Å². The average Bonchev–Trinajstić information content (AvgIpc) is 2.22. The molecule has 4 heteroatoms. The standard InChI is InChI=1S/C14H20BrFN2/c1-10-7-18(14(2,3)9-17-10)8-11-4-12(15)6-13(16)5-11/h4-6,10,17H,7-9H2,1-3H3. The Bertz CT molecular complexity index is 414. The Morgan fingerprint density at radius 3 is 2.83 bits per heavy atom. The lowest BCUT2D eigenvalue weighted by atomic mass is 9.97. The maximum Gasteiger partial charge on any atom is 0.124 e. The Balaban J connectivity index is 2.16. The third-order valence-corrected chi connectivity index (χ3v) is 3.99. The Kier molecular flexibility index (Phi) is 4.09. The van der Waals surface area contributed by atoms with Crippen LogP contribution in [0.2, 0.25) is 0 Å². The molecule has 0 aromatic heterocycles. The molecule has 1 saturated heterocycles. The maximum atomic E-state index is 13.4. The monoisotopic (exact) mass is 314 g/mol. The Hall–Kier alpha value is -0.450. The van der Waals surface area contributed by atoms with Gasteiger partial charge < -0.3 is 5.32 Å². The highest BCUT2D eigenvalue weighted by atomic mass is 79.9. The van der Waals surface area contributed by atoms with E-state index in [0.717, 1.165) is 29.7 Å². The molecule has 1 fully saturated rings. The van der Waals surface area contributed by atoms with Crippen LogP contribution in [0.3, 0.4) is 0 Å². The number of piperazine rings is 1. The van der Waals surface area contributed by atoms with Crippen LogP contribution in [0.15, 0.2) is 22.7 Å². The van der Waals surface area contributed by atoms with E-state index in [1.165, 1.54) is 6.07 Å². The minimum atomic E-state index is -0.180. The smallest absolute Gasteiger partial charge is 0.124 e. The molecule has 1 N–H and O–H groups in total. The summed E-state index contributed by atoms with van der Waals surface area (Å²) in [6.45, 7) is 9.37. The second-order valence-corrected chi connectivity index (χ2v) is 6.67.